The molecule has 1 aliphatic carbocycles. The number of piperazine rings is 1. The number of benzene rings is 1. The third kappa shape index (κ3) is 4.96. The number of hydrogen-bond donors (Lipinski definition) is 0. The van der Waals surface area contributed by atoms with E-state index >= 15 is 0 Å². The largest absolute Gasteiger partial charge is 0.361 e. The Bertz CT molecular complexity index is 749. The smallest absolute Gasteiger partial charge is 0.237 e. The fraction of sp³-hybridized carbons (Fsp3) is 0.524. The van der Waals surface area contributed by atoms with Crippen molar-refractivity contribution in [2.75, 3.05) is 32.7 Å². The van der Waals surface area contributed by atoms with Gasteiger partial charge in [-0.3, -0.25) is 14.6 Å². The molecule has 2 aliphatic rings. The number of rotatable bonds is 7. The van der Waals surface area contributed by atoms with Gasteiger partial charge in [0.15, 0.2) is 0 Å². The van der Waals surface area contributed by atoms with E-state index in [1.165, 1.54) is 5.56 Å². The molecule has 1 aromatic heterocycles. The van der Waals surface area contributed by atoms with E-state index in [-0.39, 0.29) is 5.91 Å². The summed E-state index contributed by atoms with van der Waals surface area (Å²) in [5, 5.41) is 4.08. The molecule has 0 atom stereocenters. The van der Waals surface area contributed by atoms with Gasteiger partial charge in [0.05, 0.1) is 12.2 Å². The molecule has 2 heterocycles. The summed E-state index contributed by atoms with van der Waals surface area (Å²) in [6, 6.07) is 12.7. The monoisotopic (exact) mass is 368 g/mol. The number of amides is 1. The van der Waals surface area contributed by atoms with Crippen molar-refractivity contribution in [1.82, 2.24) is 19.9 Å². The first-order valence-corrected chi connectivity index (χ1v) is 9.88. The second kappa shape index (κ2) is 8.23. The Hall–Kier alpha value is -2.18. The van der Waals surface area contributed by atoms with Crippen molar-refractivity contribution in [3.05, 3.63) is 53.4 Å². The van der Waals surface area contributed by atoms with E-state index in [2.05, 4.69) is 32.0 Å². The third-order valence-corrected chi connectivity index (χ3v) is 5.39. The minimum absolute atomic E-state index is 0.266. The first-order valence-electron chi connectivity index (χ1n) is 9.88. The van der Waals surface area contributed by atoms with E-state index in [4.69, 9.17) is 4.52 Å². The summed E-state index contributed by atoms with van der Waals surface area (Å²) < 4.78 is 5.15. The van der Waals surface area contributed by atoms with Crippen LogP contribution in [0.3, 0.4) is 0 Å². The first kappa shape index (κ1) is 18.2. The van der Waals surface area contributed by atoms with Crippen LogP contribution in [0.25, 0.3) is 0 Å². The predicted molar refractivity (Wildman–Crippen MR) is 103 cm³/mol. The van der Waals surface area contributed by atoms with Gasteiger partial charge in [0.2, 0.25) is 5.91 Å². The summed E-state index contributed by atoms with van der Waals surface area (Å²) in [5.41, 5.74) is 2.20. The first-order chi connectivity index (χ1) is 13.2. The van der Waals surface area contributed by atoms with E-state index in [0.29, 0.717) is 12.6 Å². The topological polar surface area (TPSA) is 52.8 Å². The van der Waals surface area contributed by atoms with Crippen molar-refractivity contribution in [3.8, 4) is 0 Å². The van der Waals surface area contributed by atoms with Gasteiger partial charge in [-0.05, 0) is 25.3 Å². The Balaban J connectivity index is 1.26. The second-order valence-electron chi connectivity index (χ2n) is 7.72. The zero-order valence-electron chi connectivity index (χ0n) is 16.0. The van der Waals surface area contributed by atoms with Crippen LogP contribution in [0.15, 0.2) is 40.9 Å². The van der Waals surface area contributed by atoms with Crippen molar-refractivity contribution >= 4 is 5.91 Å². The minimum atomic E-state index is 0.266. The lowest BCUT2D eigenvalue weighted by Gasteiger charge is -2.35. The van der Waals surface area contributed by atoms with Crippen molar-refractivity contribution in [1.29, 1.82) is 0 Å². The van der Waals surface area contributed by atoms with Crippen LogP contribution in [0.1, 0.15) is 29.9 Å². The van der Waals surface area contributed by atoms with E-state index < -0.39 is 0 Å². The van der Waals surface area contributed by atoms with Crippen LogP contribution in [-0.4, -0.2) is 64.5 Å². The van der Waals surface area contributed by atoms with Crippen LogP contribution in [0.4, 0.5) is 0 Å². The van der Waals surface area contributed by atoms with Crippen LogP contribution in [-0.2, 0) is 17.9 Å². The van der Waals surface area contributed by atoms with E-state index in [9.17, 15) is 4.79 Å². The van der Waals surface area contributed by atoms with Crippen LogP contribution in [0, 0.1) is 6.92 Å². The molecule has 0 spiro atoms. The highest BCUT2D eigenvalue weighted by Crippen LogP contribution is 2.28. The van der Waals surface area contributed by atoms with Crippen LogP contribution < -0.4 is 0 Å². The van der Waals surface area contributed by atoms with Crippen molar-refractivity contribution < 1.29 is 9.32 Å². The van der Waals surface area contributed by atoms with Crippen LogP contribution in [0.2, 0.25) is 0 Å². The van der Waals surface area contributed by atoms with Gasteiger partial charge in [-0.2, -0.15) is 0 Å². The number of aryl methyl sites for hydroxylation is 1. The number of nitrogens with zero attached hydrogens (tertiary/aromatic N) is 4. The number of carbonyl (C=O) groups excluding carboxylic acids is 1. The summed E-state index contributed by atoms with van der Waals surface area (Å²) in [4.78, 5) is 19.7. The average molecular weight is 368 g/mol. The summed E-state index contributed by atoms with van der Waals surface area (Å²) in [6.07, 6.45) is 2.28. The van der Waals surface area contributed by atoms with E-state index in [1.54, 1.807) is 0 Å². The molecule has 0 radical (unpaired) electrons. The lowest BCUT2D eigenvalue weighted by atomic mass is 10.2. The summed E-state index contributed by atoms with van der Waals surface area (Å²) in [6.45, 7) is 7.76. The maximum atomic E-state index is 12.9. The number of hydrogen-bond acceptors (Lipinski definition) is 5. The summed E-state index contributed by atoms with van der Waals surface area (Å²) >= 11 is 0. The Morgan fingerprint density at radius 1 is 1.15 bits per heavy atom. The molecule has 2 fully saturated rings. The minimum Gasteiger partial charge on any atom is -0.361 e. The van der Waals surface area contributed by atoms with Gasteiger partial charge < -0.3 is 9.42 Å². The van der Waals surface area contributed by atoms with Crippen LogP contribution >= 0.6 is 0 Å². The maximum Gasteiger partial charge on any atom is 0.237 e. The molecule has 0 bridgehead atoms. The Labute approximate surface area is 160 Å². The van der Waals surface area contributed by atoms with E-state index in [0.717, 1.165) is 63.6 Å². The average Bonchev–Trinajstić information content (AvgIpc) is 3.44. The molecule has 4 rings (SSSR count). The molecule has 1 saturated heterocycles. The van der Waals surface area contributed by atoms with Crippen molar-refractivity contribution in [2.24, 2.45) is 0 Å². The standard InChI is InChI=1S/C21H28N4O2/c1-17-13-19(22-27-17)15-23-9-11-24(12-10-23)16-21(26)25(20-7-8-20)14-18-5-3-2-4-6-18/h2-6,13,20H,7-12,14-16H2,1H3. The lowest BCUT2D eigenvalue weighted by Crippen LogP contribution is -2.50. The lowest BCUT2D eigenvalue weighted by molar-refractivity contribution is -0.134. The Morgan fingerprint density at radius 3 is 2.48 bits per heavy atom. The molecule has 6 nitrogen and oxygen atoms in total. The van der Waals surface area contributed by atoms with Gasteiger partial charge in [0.1, 0.15) is 5.76 Å². The molecule has 0 N–H and O–H groups in total. The molecule has 1 aromatic carbocycles. The second-order valence-corrected chi connectivity index (χ2v) is 7.72. The highest BCUT2D eigenvalue weighted by Gasteiger charge is 2.33. The van der Waals surface area contributed by atoms with Gasteiger partial charge in [0.25, 0.3) is 0 Å². The van der Waals surface area contributed by atoms with Gasteiger partial charge in [-0.1, -0.05) is 35.5 Å². The SMILES string of the molecule is Cc1cc(CN2CCN(CC(=O)N(Cc3ccccc3)C3CC3)CC2)no1. The molecule has 1 amide bonds. The summed E-state index contributed by atoms with van der Waals surface area (Å²) in [7, 11) is 0. The molecule has 1 aliphatic heterocycles. The van der Waals surface area contributed by atoms with Gasteiger partial charge in [0, 0.05) is 51.4 Å². The molecule has 2 aromatic rings. The molecule has 27 heavy (non-hydrogen) atoms. The highest BCUT2D eigenvalue weighted by atomic mass is 16.5. The third-order valence-electron chi connectivity index (χ3n) is 5.39. The van der Waals surface area contributed by atoms with Crippen molar-refractivity contribution in [3.63, 3.8) is 0 Å². The van der Waals surface area contributed by atoms with Gasteiger partial charge >= 0.3 is 0 Å². The van der Waals surface area contributed by atoms with Crippen molar-refractivity contribution in [2.45, 2.75) is 38.9 Å². The molecular weight excluding hydrogens is 340 g/mol. The molecule has 144 valence electrons. The van der Waals surface area contributed by atoms with Crippen LogP contribution in [0.5, 0.6) is 0 Å². The molecule has 6 heteroatoms. The maximum absolute atomic E-state index is 12.9. The quantitative estimate of drug-likeness (QED) is 0.751. The number of carbonyl (C=O) groups is 1. The van der Waals surface area contributed by atoms with E-state index in [1.807, 2.05) is 31.2 Å². The normalized spacial score (nSPS) is 18.6. The zero-order chi connectivity index (χ0) is 18.6. The van der Waals surface area contributed by atoms with Gasteiger partial charge in [-0.15, -0.1) is 0 Å². The molecule has 0 unspecified atom stereocenters. The predicted octanol–water partition coefficient (Wildman–Crippen LogP) is 2.29. The molecular formula is C21H28N4O2. The zero-order valence-corrected chi connectivity index (χ0v) is 16.0. The Morgan fingerprint density at radius 2 is 1.85 bits per heavy atom. The fourth-order valence-electron chi connectivity index (χ4n) is 3.70. The highest BCUT2D eigenvalue weighted by molar-refractivity contribution is 5.79. The number of aromatic nitrogens is 1. The fourth-order valence-corrected chi connectivity index (χ4v) is 3.70. The van der Waals surface area contributed by atoms with Gasteiger partial charge in [-0.25, -0.2) is 0 Å². The molecule has 1 saturated carbocycles. The summed E-state index contributed by atoms with van der Waals surface area (Å²) in [5.74, 6) is 1.12. The Kier molecular flexibility index (Phi) is 5.55.